The number of hydrogen-bond donors (Lipinski definition) is 2. The average molecular weight is 249 g/mol. The van der Waals surface area contributed by atoms with Crippen molar-refractivity contribution in [2.24, 2.45) is 5.41 Å². The summed E-state index contributed by atoms with van der Waals surface area (Å²) in [5.41, 5.74) is 0.724. The number of hydrogen-bond acceptors (Lipinski definition) is 3. The lowest BCUT2D eigenvalue weighted by Gasteiger charge is -2.23. The zero-order chi connectivity index (χ0) is 13.6. The van der Waals surface area contributed by atoms with Crippen LogP contribution in [-0.4, -0.2) is 24.0 Å². The largest absolute Gasteiger partial charge is 0.370 e. The minimum atomic E-state index is -0.0689. The molecule has 0 radical (unpaired) electrons. The minimum Gasteiger partial charge on any atom is -0.370 e. The van der Waals surface area contributed by atoms with Crippen molar-refractivity contribution < 1.29 is 4.79 Å². The number of carbonyl (C=O) groups excluding carboxylic acids is 1. The first-order valence-electron chi connectivity index (χ1n) is 6.47. The maximum Gasteiger partial charge on any atom is 0.255 e. The van der Waals surface area contributed by atoms with Gasteiger partial charge in [-0.05, 0) is 30.9 Å². The number of carbonyl (C=O) groups is 1. The Balaban J connectivity index is 2.72. The van der Waals surface area contributed by atoms with Crippen LogP contribution in [0.15, 0.2) is 18.3 Å². The molecule has 0 saturated carbocycles. The number of nitrogens with zero attached hydrogens (tertiary/aromatic N) is 1. The van der Waals surface area contributed by atoms with Crippen molar-refractivity contribution >= 4 is 11.7 Å². The van der Waals surface area contributed by atoms with Gasteiger partial charge < -0.3 is 10.6 Å². The van der Waals surface area contributed by atoms with Gasteiger partial charge in [-0.15, -0.1) is 0 Å². The quantitative estimate of drug-likeness (QED) is 0.815. The van der Waals surface area contributed by atoms with E-state index in [0.717, 1.165) is 13.0 Å². The van der Waals surface area contributed by atoms with E-state index in [4.69, 9.17) is 0 Å². The predicted molar refractivity (Wildman–Crippen MR) is 74.8 cm³/mol. The highest BCUT2D eigenvalue weighted by Crippen LogP contribution is 2.18. The van der Waals surface area contributed by atoms with Gasteiger partial charge in [0.05, 0.1) is 5.56 Å². The van der Waals surface area contributed by atoms with E-state index in [1.54, 1.807) is 18.3 Å². The summed E-state index contributed by atoms with van der Waals surface area (Å²) >= 11 is 0. The summed E-state index contributed by atoms with van der Waals surface area (Å²) < 4.78 is 0. The summed E-state index contributed by atoms with van der Waals surface area (Å²) in [6.07, 6.45) is 2.71. The predicted octanol–water partition coefficient (Wildman–Crippen LogP) is 2.68. The molecule has 2 N–H and O–H groups in total. The van der Waals surface area contributed by atoms with Crippen LogP contribution in [0, 0.1) is 5.41 Å². The standard InChI is InChI=1S/C14H23N3O/c1-5-14(3,4)10-17-13(18)11-8-7-9-16-12(11)15-6-2/h7-9H,5-6,10H2,1-4H3,(H,15,16)(H,17,18). The first-order chi connectivity index (χ1) is 8.50. The van der Waals surface area contributed by atoms with Crippen molar-refractivity contribution in [3.8, 4) is 0 Å². The van der Waals surface area contributed by atoms with E-state index in [2.05, 4.69) is 36.4 Å². The fourth-order valence-electron chi connectivity index (χ4n) is 1.44. The third kappa shape index (κ3) is 4.02. The lowest BCUT2D eigenvalue weighted by Crippen LogP contribution is -2.34. The van der Waals surface area contributed by atoms with E-state index in [-0.39, 0.29) is 11.3 Å². The maximum atomic E-state index is 12.1. The Labute approximate surface area is 109 Å². The van der Waals surface area contributed by atoms with E-state index in [0.29, 0.717) is 17.9 Å². The van der Waals surface area contributed by atoms with Crippen LogP contribution in [0.4, 0.5) is 5.82 Å². The van der Waals surface area contributed by atoms with Crippen LogP contribution in [0.5, 0.6) is 0 Å². The fraction of sp³-hybridized carbons (Fsp3) is 0.571. The molecule has 0 bridgehead atoms. The number of anilines is 1. The lowest BCUT2D eigenvalue weighted by atomic mass is 9.90. The molecule has 1 aromatic heterocycles. The van der Waals surface area contributed by atoms with Gasteiger partial charge in [0.25, 0.3) is 5.91 Å². The Morgan fingerprint density at radius 1 is 1.39 bits per heavy atom. The van der Waals surface area contributed by atoms with Gasteiger partial charge in [0.2, 0.25) is 0 Å². The molecule has 0 spiro atoms. The molecule has 0 aliphatic heterocycles. The first-order valence-corrected chi connectivity index (χ1v) is 6.47. The number of aromatic nitrogens is 1. The van der Waals surface area contributed by atoms with Gasteiger partial charge in [0, 0.05) is 19.3 Å². The van der Waals surface area contributed by atoms with Gasteiger partial charge in [-0.25, -0.2) is 4.98 Å². The van der Waals surface area contributed by atoms with Gasteiger partial charge in [-0.2, -0.15) is 0 Å². The molecule has 0 fully saturated rings. The third-order valence-corrected chi connectivity index (χ3v) is 3.08. The summed E-state index contributed by atoms with van der Waals surface area (Å²) in [6.45, 7) is 9.81. The van der Waals surface area contributed by atoms with E-state index in [1.165, 1.54) is 0 Å². The molecule has 0 unspecified atom stereocenters. The molecule has 4 nitrogen and oxygen atoms in total. The van der Waals surface area contributed by atoms with Crippen LogP contribution in [0.3, 0.4) is 0 Å². The molecule has 100 valence electrons. The molecule has 0 aliphatic rings. The molecular formula is C14H23N3O. The summed E-state index contributed by atoms with van der Waals surface area (Å²) in [4.78, 5) is 16.3. The van der Waals surface area contributed by atoms with Gasteiger partial charge in [0.1, 0.15) is 5.82 Å². The monoisotopic (exact) mass is 249 g/mol. The summed E-state index contributed by atoms with van der Waals surface area (Å²) in [5, 5.41) is 6.07. The molecule has 0 aliphatic carbocycles. The Morgan fingerprint density at radius 3 is 2.72 bits per heavy atom. The molecule has 1 heterocycles. The highest BCUT2D eigenvalue weighted by molar-refractivity contribution is 5.98. The molecule has 4 heteroatoms. The molecule has 1 aromatic rings. The molecule has 1 amide bonds. The highest BCUT2D eigenvalue weighted by atomic mass is 16.1. The number of nitrogens with one attached hydrogen (secondary N) is 2. The van der Waals surface area contributed by atoms with Crippen molar-refractivity contribution in [3.05, 3.63) is 23.9 Å². The zero-order valence-electron chi connectivity index (χ0n) is 11.7. The van der Waals surface area contributed by atoms with E-state index < -0.39 is 0 Å². The highest BCUT2D eigenvalue weighted by Gasteiger charge is 2.18. The van der Waals surface area contributed by atoms with Crippen LogP contribution >= 0.6 is 0 Å². The second-order valence-corrected chi connectivity index (χ2v) is 5.13. The molecule has 1 rings (SSSR count). The molecule has 0 saturated heterocycles. The van der Waals surface area contributed by atoms with E-state index >= 15 is 0 Å². The Kier molecular flexibility index (Phi) is 5.13. The smallest absolute Gasteiger partial charge is 0.255 e. The van der Waals surface area contributed by atoms with E-state index in [9.17, 15) is 4.79 Å². The lowest BCUT2D eigenvalue weighted by molar-refractivity contribution is 0.0936. The van der Waals surface area contributed by atoms with Crippen LogP contribution in [0.1, 0.15) is 44.5 Å². The second-order valence-electron chi connectivity index (χ2n) is 5.13. The maximum absolute atomic E-state index is 12.1. The summed E-state index contributed by atoms with van der Waals surface area (Å²) in [7, 11) is 0. The van der Waals surface area contributed by atoms with Crippen LogP contribution in [0.2, 0.25) is 0 Å². The van der Waals surface area contributed by atoms with Crippen LogP contribution in [0.25, 0.3) is 0 Å². The van der Waals surface area contributed by atoms with Crippen molar-refractivity contribution in [2.75, 3.05) is 18.4 Å². The van der Waals surface area contributed by atoms with Crippen molar-refractivity contribution in [1.82, 2.24) is 10.3 Å². The molecule has 18 heavy (non-hydrogen) atoms. The van der Waals surface area contributed by atoms with Crippen LogP contribution in [-0.2, 0) is 0 Å². The minimum absolute atomic E-state index is 0.0689. The van der Waals surface area contributed by atoms with Crippen molar-refractivity contribution in [3.63, 3.8) is 0 Å². The number of amides is 1. The van der Waals surface area contributed by atoms with Crippen molar-refractivity contribution in [1.29, 1.82) is 0 Å². The van der Waals surface area contributed by atoms with Crippen LogP contribution < -0.4 is 10.6 Å². The normalized spacial score (nSPS) is 11.1. The number of rotatable bonds is 6. The summed E-state index contributed by atoms with van der Waals surface area (Å²) in [5.74, 6) is 0.576. The van der Waals surface area contributed by atoms with Gasteiger partial charge in [-0.3, -0.25) is 4.79 Å². The SMILES string of the molecule is CCNc1ncccc1C(=O)NCC(C)(C)CC. The Morgan fingerprint density at radius 2 is 2.11 bits per heavy atom. The molecule has 0 aromatic carbocycles. The fourth-order valence-corrected chi connectivity index (χ4v) is 1.44. The van der Waals surface area contributed by atoms with Gasteiger partial charge >= 0.3 is 0 Å². The topological polar surface area (TPSA) is 54.0 Å². The van der Waals surface area contributed by atoms with Gasteiger partial charge in [-0.1, -0.05) is 20.8 Å². The zero-order valence-corrected chi connectivity index (χ0v) is 11.7. The second kappa shape index (κ2) is 6.38. The first kappa shape index (κ1) is 14.5. The van der Waals surface area contributed by atoms with Gasteiger partial charge in [0.15, 0.2) is 0 Å². The Hall–Kier alpha value is -1.58. The van der Waals surface area contributed by atoms with E-state index in [1.807, 2.05) is 6.92 Å². The Bertz CT molecular complexity index is 402. The average Bonchev–Trinajstić information content (AvgIpc) is 2.37. The number of pyridine rings is 1. The third-order valence-electron chi connectivity index (χ3n) is 3.08. The molecular weight excluding hydrogens is 226 g/mol. The van der Waals surface area contributed by atoms with Crippen molar-refractivity contribution in [2.45, 2.75) is 34.1 Å². The molecule has 0 atom stereocenters. The summed E-state index contributed by atoms with van der Waals surface area (Å²) in [6, 6.07) is 3.57.